The summed E-state index contributed by atoms with van der Waals surface area (Å²) in [6.45, 7) is 0. The average molecular weight is 280 g/mol. The van der Waals surface area contributed by atoms with Crippen LogP contribution in [0.5, 0.6) is 0 Å². The van der Waals surface area contributed by atoms with Crippen molar-refractivity contribution < 1.29 is 4.79 Å². The van der Waals surface area contributed by atoms with Crippen LogP contribution in [0, 0.1) is 17.2 Å². The van der Waals surface area contributed by atoms with E-state index in [-0.39, 0.29) is 5.78 Å². The highest BCUT2D eigenvalue weighted by molar-refractivity contribution is 6.08. The van der Waals surface area contributed by atoms with Crippen molar-refractivity contribution in [3.05, 3.63) is 35.5 Å². The summed E-state index contributed by atoms with van der Waals surface area (Å²) in [4.78, 5) is 15.7. The summed E-state index contributed by atoms with van der Waals surface area (Å²) in [6.07, 6.45) is 9.98. The highest BCUT2D eigenvalue weighted by atomic mass is 16.1. The van der Waals surface area contributed by atoms with Gasteiger partial charge >= 0.3 is 0 Å². The van der Waals surface area contributed by atoms with Gasteiger partial charge in [0.05, 0.1) is 11.6 Å². The number of hydrogen-bond donors (Lipinski definition) is 1. The first kappa shape index (κ1) is 13.9. The monoisotopic (exact) mass is 280 g/mol. The lowest BCUT2D eigenvalue weighted by atomic mass is 9.92. The second-order valence-electron chi connectivity index (χ2n) is 6.06. The number of hydrogen-bond acceptors (Lipinski definition) is 2. The number of Topliss-reactive ketones (excluding diaryl/α,β-unsaturated/α-hetero) is 1. The summed E-state index contributed by atoms with van der Waals surface area (Å²) in [5.41, 5.74) is 2.27. The number of benzene rings is 1. The lowest BCUT2D eigenvalue weighted by Crippen LogP contribution is -2.08. The van der Waals surface area contributed by atoms with Crippen LogP contribution in [0.15, 0.2) is 24.4 Å². The molecule has 3 rings (SSSR count). The molecule has 21 heavy (non-hydrogen) atoms. The zero-order valence-electron chi connectivity index (χ0n) is 12.2. The van der Waals surface area contributed by atoms with Gasteiger partial charge in [0.25, 0.3) is 0 Å². The first-order valence-electron chi connectivity index (χ1n) is 7.82. The molecule has 0 amide bonds. The number of aromatic nitrogens is 1. The fraction of sp³-hybridized carbons (Fsp3) is 0.444. The number of H-pyrrole nitrogens is 1. The van der Waals surface area contributed by atoms with Crippen LogP contribution < -0.4 is 0 Å². The van der Waals surface area contributed by atoms with Crippen LogP contribution >= 0.6 is 0 Å². The van der Waals surface area contributed by atoms with Gasteiger partial charge in [-0.15, -0.1) is 0 Å². The van der Waals surface area contributed by atoms with Crippen molar-refractivity contribution in [2.24, 2.45) is 5.92 Å². The van der Waals surface area contributed by atoms with Crippen molar-refractivity contribution in [3.8, 4) is 6.07 Å². The summed E-state index contributed by atoms with van der Waals surface area (Å²) in [7, 11) is 0. The number of aromatic amines is 1. The van der Waals surface area contributed by atoms with Gasteiger partial charge < -0.3 is 4.98 Å². The summed E-state index contributed by atoms with van der Waals surface area (Å²) in [5.74, 6) is 0.779. The van der Waals surface area contributed by atoms with E-state index in [0.29, 0.717) is 17.9 Å². The Bertz CT molecular complexity index is 685. The van der Waals surface area contributed by atoms with E-state index in [4.69, 9.17) is 5.26 Å². The van der Waals surface area contributed by atoms with Crippen LogP contribution in [0.1, 0.15) is 60.9 Å². The Hall–Kier alpha value is -2.08. The summed E-state index contributed by atoms with van der Waals surface area (Å²) in [5, 5.41) is 9.86. The Morgan fingerprint density at radius 2 is 2.00 bits per heavy atom. The quantitative estimate of drug-likeness (QED) is 0.660. The first-order chi connectivity index (χ1) is 10.3. The van der Waals surface area contributed by atoms with Crippen molar-refractivity contribution in [2.75, 3.05) is 0 Å². The summed E-state index contributed by atoms with van der Waals surface area (Å²) in [6, 6.07) is 7.58. The Kier molecular flexibility index (Phi) is 4.06. The minimum absolute atomic E-state index is 0.234. The van der Waals surface area contributed by atoms with Gasteiger partial charge in [0.2, 0.25) is 0 Å². The third-order valence-electron chi connectivity index (χ3n) is 4.56. The molecule has 1 heterocycles. The van der Waals surface area contributed by atoms with Crippen molar-refractivity contribution in [3.63, 3.8) is 0 Å². The number of ketones is 1. The molecule has 1 aliphatic carbocycles. The fourth-order valence-corrected chi connectivity index (χ4v) is 3.37. The average Bonchev–Trinajstić information content (AvgIpc) is 2.76. The molecule has 1 saturated carbocycles. The Labute approximate surface area is 125 Å². The highest BCUT2D eigenvalue weighted by Crippen LogP contribution is 2.28. The first-order valence-corrected chi connectivity index (χ1v) is 7.82. The molecule has 0 atom stereocenters. The van der Waals surface area contributed by atoms with Gasteiger partial charge in [0.15, 0.2) is 5.78 Å². The molecule has 0 bridgehead atoms. The van der Waals surface area contributed by atoms with E-state index in [2.05, 4.69) is 11.1 Å². The molecule has 1 fully saturated rings. The molecule has 0 radical (unpaired) electrons. The maximum Gasteiger partial charge on any atom is 0.165 e. The van der Waals surface area contributed by atoms with E-state index in [9.17, 15) is 4.79 Å². The number of rotatable bonds is 3. The van der Waals surface area contributed by atoms with E-state index in [1.165, 1.54) is 38.5 Å². The largest absolute Gasteiger partial charge is 0.360 e. The molecule has 0 saturated heterocycles. The second kappa shape index (κ2) is 6.13. The molecule has 2 aromatic rings. The van der Waals surface area contributed by atoms with Gasteiger partial charge in [-0.2, -0.15) is 5.26 Å². The number of carbonyl (C=O) groups is 1. The maximum absolute atomic E-state index is 12.6. The smallest absolute Gasteiger partial charge is 0.165 e. The number of nitrogens with zero attached hydrogens (tertiary/aromatic N) is 1. The van der Waals surface area contributed by atoms with E-state index >= 15 is 0 Å². The van der Waals surface area contributed by atoms with Crippen molar-refractivity contribution in [2.45, 2.75) is 44.9 Å². The minimum atomic E-state index is 0.234. The van der Waals surface area contributed by atoms with Crippen LogP contribution in [-0.4, -0.2) is 10.8 Å². The lowest BCUT2D eigenvalue weighted by molar-refractivity contribution is 0.0958. The molecule has 1 aromatic heterocycles. The van der Waals surface area contributed by atoms with E-state index < -0.39 is 0 Å². The molecule has 0 unspecified atom stereocenters. The topological polar surface area (TPSA) is 56.6 Å². The van der Waals surface area contributed by atoms with E-state index in [0.717, 1.165) is 16.5 Å². The molecular weight excluding hydrogens is 260 g/mol. The Morgan fingerprint density at radius 3 is 2.71 bits per heavy atom. The van der Waals surface area contributed by atoms with Crippen LogP contribution in [0.4, 0.5) is 0 Å². The van der Waals surface area contributed by atoms with Crippen molar-refractivity contribution in [1.29, 1.82) is 5.26 Å². The van der Waals surface area contributed by atoms with Crippen LogP contribution in [0.3, 0.4) is 0 Å². The maximum atomic E-state index is 12.6. The molecule has 1 aromatic carbocycles. The van der Waals surface area contributed by atoms with Crippen LogP contribution in [-0.2, 0) is 0 Å². The number of nitrogens with one attached hydrogen (secondary N) is 1. The van der Waals surface area contributed by atoms with Gasteiger partial charge in [0.1, 0.15) is 0 Å². The second-order valence-corrected chi connectivity index (χ2v) is 6.06. The van der Waals surface area contributed by atoms with Gasteiger partial charge in [-0.25, -0.2) is 0 Å². The van der Waals surface area contributed by atoms with Crippen molar-refractivity contribution >= 4 is 16.7 Å². The standard InChI is InChI=1S/C18H20N2O/c19-11-14-7-8-15-16(12-20-17(15)9-14)18(21)10-13-5-3-1-2-4-6-13/h7-9,12-13,20H,1-6,10H2. The van der Waals surface area contributed by atoms with Gasteiger partial charge in [-0.1, -0.05) is 44.6 Å². The predicted molar refractivity (Wildman–Crippen MR) is 83.2 cm³/mol. The zero-order chi connectivity index (χ0) is 14.7. The third kappa shape index (κ3) is 3.00. The van der Waals surface area contributed by atoms with Gasteiger partial charge in [-0.05, 0) is 18.1 Å². The van der Waals surface area contributed by atoms with Gasteiger partial charge in [0, 0.05) is 29.1 Å². The summed E-state index contributed by atoms with van der Waals surface area (Å²) < 4.78 is 0. The van der Waals surface area contributed by atoms with E-state index in [1.54, 1.807) is 18.3 Å². The molecule has 0 aliphatic heterocycles. The minimum Gasteiger partial charge on any atom is -0.360 e. The lowest BCUT2D eigenvalue weighted by Gasteiger charge is -2.12. The zero-order valence-corrected chi connectivity index (χ0v) is 12.2. The molecule has 0 spiro atoms. The fourth-order valence-electron chi connectivity index (χ4n) is 3.37. The highest BCUT2D eigenvalue weighted by Gasteiger charge is 2.19. The number of fused-ring (bicyclic) bond motifs is 1. The molecule has 108 valence electrons. The Balaban J connectivity index is 1.79. The van der Waals surface area contributed by atoms with Crippen LogP contribution in [0.25, 0.3) is 10.9 Å². The van der Waals surface area contributed by atoms with Gasteiger partial charge in [-0.3, -0.25) is 4.79 Å². The number of carbonyl (C=O) groups excluding carboxylic acids is 1. The SMILES string of the molecule is N#Cc1ccc2c(C(=O)CC3CCCCCC3)c[nH]c2c1. The molecular formula is C18H20N2O. The predicted octanol–water partition coefficient (Wildman–Crippen LogP) is 4.58. The molecule has 1 aliphatic rings. The molecule has 1 N–H and O–H groups in total. The van der Waals surface area contributed by atoms with E-state index in [1.807, 2.05) is 6.07 Å². The number of nitriles is 1. The molecule has 3 nitrogen and oxygen atoms in total. The Morgan fingerprint density at radius 1 is 1.24 bits per heavy atom. The molecule has 3 heteroatoms. The van der Waals surface area contributed by atoms with Crippen LogP contribution in [0.2, 0.25) is 0 Å². The van der Waals surface area contributed by atoms with Crippen molar-refractivity contribution in [1.82, 2.24) is 4.98 Å². The summed E-state index contributed by atoms with van der Waals surface area (Å²) >= 11 is 0. The normalized spacial score (nSPS) is 16.5. The third-order valence-corrected chi connectivity index (χ3v) is 4.56.